The molecule has 0 spiro atoms. The quantitative estimate of drug-likeness (QED) is 0.0715. The van der Waals surface area contributed by atoms with E-state index < -0.39 is 118 Å². The Bertz CT molecular complexity index is 2390. The Morgan fingerprint density at radius 1 is 0.757 bits per heavy atom. The van der Waals surface area contributed by atoms with Gasteiger partial charge in [-0.25, -0.2) is 18.0 Å². The van der Waals surface area contributed by atoms with Crippen molar-refractivity contribution in [3.8, 4) is 0 Å². The molecule has 4 aromatic rings. The summed E-state index contributed by atoms with van der Waals surface area (Å²) in [5.74, 6) is -1.92. The Hall–Kier alpha value is -4.41. The Labute approximate surface area is 421 Å². The highest BCUT2D eigenvalue weighted by molar-refractivity contribution is 7.91. The van der Waals surface area contributed by atoms with Crippen molar-refractivity contribution in [3.63, 3.8) is 0 Å². The summed E-state index contributed by atoms with van der Waals surface area (Å²) < 4.78 is 86.8. The standard InChI is InChI=1S/C49H55Cl3N2O15S/c1-31(44(56)61-23-24-70(58,59)36-21-13-6-14-22-36)65-43-41(53-32(2)55)47(62-27-34-17-9-4-10-18-34)68-40(28-60-26-33-15-7-3-8-16-33)42(43)69-46-37(54-48(57)64-30-49(50,51)52)25-38-39(67-46)29-63-45(66-38)35-19-11-5-12-20-35/h3-22,31,37-43,45-47H,23-30H2,1-2H3,(H,53,55)(H,54,57)/t31-,37-,38+,39-,40-,41-,42-,43-,45-,46+,47+/m1/s1. The lowest BCUT2D eigenvalue weighted by Crippen LogP contribution is -2.68. The van der Waals surface area contributed by atoms with Crippen molar-refractivity contribution in [3.05, 3.63) is 138 Å². The minimum Gasteiger partial charge on any atom is -0.463 e. The fourth-order valence-corrected chi connectivity index (χ4v) is 9.27. The first-order chi connectivity index (χ1) is 33.6. The van der Waals surface area contributed by atoms with Gasteiger partial charge in [-0.3, -0.25) is 4.79 Å². The second-order valence-electron chi connectivity index (χ2n) is 16.7. The summed E-state index contributed by atoms with van der Waals surface area (Å²) in [4.78, 5) is 40.3. The smallest absolute Gasteiger partial charge is 0.407 e. The lowest BCUT2D eigenvalue weighted by atomic mass is 9.94. The first kappa shape index (κ1) is 53.4. The molecule has 0 unspecified atom stereocenters. The van der Waals surface area contributed by atoms with Crippen LogP contribution in [0.4, 0.5) is 4.79 Å². The van der Waals surface area contributed by atoms with Gasteiger partial charge in [0.2, 0.25) is 9.70 Å². The molecule has 3 aliphatic rings. The third-order valence-electron chi connectivity index (χ3n) is 11.3. The van der Waals surface area contributed by atoms with Crippen molar-refractivity contribution in [1.82, 2.24) is 10.6 Å². The Kier molecular flexibility index (Phi) is 19.3. The van der Waals surface area contributed by atoms with Gasteiger partial charge in [0, 0.05) is 18.9 Å². The van der Waals surface area contributed by atoms with E-state index >= 15 is 0 Å². The molecule has 7 rings (SSSR count). The van der Waals surface area contributed by atoms with E-state index in [0.717, 1.165) is 16.7 Å². The molecule has 11 atom stereocenters. The molecule has 2 amide bonds. The number of carbonyl (C=O) groups is 3. The molecule has 70 heavy (non-hydrogen) atoms. The van der Waals surface area contributed by atoms with Crippen LogP contribution in [0.2, 0.25) is 0 Å². The normalized spacial score (nSPS) is 26.2. The molecule has 0 bridgehead atoms. The lowest BCUT2D eigenvalue weighted by Gasteiger charge is -2.50. The van der Waals surface area contributed by atoms with Crippen LogP contribution in [-0.2, 0) is 80.0 Å². The number of amides is 2. The summed E-state index contributed by atoms with van der Waals surface area (Å²) >= 11 is 17.7. The third-order valence-corrected chi connectivity index (χ3v) is 13.4. The number of benzene rings is 4. The van der Waals surface area contributed by atoms with Gasteiger partial charge in [0.15, 0.2) is 34.8 Å². The number of rotatable bonds is 20. The SMILES string of the molecule is CC(=O)N[C@H]1[C@@H](OCc2ccccc2)O[C@H](COCc2ccccc2)[C@@H](O[C@@H]2O[C@@H]3CO[C@@H](c4ccccc4)O[C@H]3C[C@H]2NC(=O)OCC(Cl)(Cl)Cl)[C@@H]1O[C@H](C)C(=O)OCCS(=O)(=O)c1ccccc1. The van der Waals surface area contributed by atoms with E-state index in [1.54, 1.807) is 18.2 Å². The minimum absolute atomic E-state index is 0.0337. The van der Waals surface area contributed by atoms with Gasteiger partial charge in [-0.05, 0) is 30.2 Å². The van der Waals surface area contributed by atoms with Crippen LogP contribution >= 0.6 is 34.8 Å². The Balaban J connectivity index is 1.20. The van der Waals surface area contributed by atoms with E-state index in [1.165, 1.54) is 26.0 Å². The molecular weight excluding hydrogens is 995 g/mol. The lowest BCUT2D eigenvalue weighted by molar-refractivity contribution is -0.354. The highest BCUT2D eigenvalue weighted by Crippen LogP contribution is 2.37. The van der Waals surface area contributed by atoms with Gasteiger partial charge in [0.25, 0.3) is 0 Å². The number of nitrogens with one attached hydrogen (secondary N) is 2. The van der Waals surface area contributed by atoms with Gasteiger partial charge in [-0.1, -0.05) is 144 Å². The van der Waals surface area contributed by atoms with Crippen LogP contribution in [0.1, 0.15) is 43.2 Å². The molecule has 3 fully saturated rings. The molecule has 3 heterocycles. The van der Waals surface area contributed by atoms with Crippen molar-refractivity contribution in [2.75, 3.05) is 32.2 Å². The van der Waals surface area contributed by atoms with Crippen LogP contribution in [0, 0.1) is 0 Å². The number of ether oxygens (including phenoxy) is 10. The summed E-state index contributed by atoms with van der Waals surface area (Å²) in [5.41, 5.74) is 2.41. The fraction of sp³-hybridized carbons (Fsp3) is 0.449. The van der Waals surface area contributed by atoms with Crippen molar-refractivity contribution in [2.45, 2.75) is 110 Å². The van der Waals surface area contributed by atoms with Gasteiger partial charge in [-0.2, -0.15) is 0 Å². The van der Waals surface area contributed by atoms with E-state index in [0.29, 0.717) is 0 Å². The van der Waals surface area contributed by atoms with Gasteiger partial charge >= 0.3 is 12.1 Å². The maximum Gasteiger partial charge on any atom is 0.407 e. The van der Waals surface area contributed by atoms with Crippen molar-refractivity contribution in [1.29, 1.82) is 0 Å². The van der Waals surface area contributed by atoms with E-state index in [4.69, 9.17) is 82.2 Å². The Morgan fingerprint density at radius 2 is 1.39 bits per heavy atom. The van der Waals surface area contributed by atoms with E-state index in [9.17, 15) is 22.8 Å². The first-order valence-corrected chi connectivity index (χ1v) is 25.3. The molecule has 378 valence electrons. The van der Waals surface area contributed by atoms with Crippen molar-refractivity contribution < 1.29 is 70.2 Å². The predicted octanol–water partition coefficient (Wildman–Crippen LogP) is 6.52. The number of fused-ring (bicyclic) bond motifs is 1. The topological polar surface area (TPSA) is 202 Å². The summed E-state index contributed by atoms with van der Waals surface area (Å²) in [6.45, 7) is 1.73. The summed E-state index contributed by atoms with van der Waals surface area (Å²) in [5, 5.41) is 5.65. The largest absolute Gasteiger partial charge is 0.463 e. The second kappa shape index (κ2) is 25.3. The monoisotopic (exact) mass is 1050 g/mol. The molecule has 4 aromatic carbocycles. The number of alkyl halides is 3. The van der Waals surface area contributed by atoms with E-state index in [1.807, 2.05) is 91.0 Å². The molecule has 17 nitrogen and oxygen atoms in total. The maximum absolute atomic E-state index is 13.8. The Morgan fingerprint density at radius 3 is 2.03 bits per heavy atom. The van der Waals surface area contributed by atoms with E-state index in [-0.39, 0.29) is 37.7 Å². The van der Waals surface area contributed by atoms with Crippen LogP contribution < -0.4 is 10.6 Å². The summed E-state index contributed by atoms with van der Waals surface area (Å²) in [6, 6.07) is 33.5. The first-order valence-electron chi connectivity index (χ1n) is 22.5. The average molecular weight is 1050 g/mol. The van der Waals surface area contributed by atoms with Crippen LogP contribution in [0.25, 0.3) is 0 Å². The highest BCUT2D eigenvalue weighted by atomic mass is 35.6. The number of esters is 1. The fourth-order valence-electron chi connectivity index (χ4n) is 7.99. The van der Waals surface area contributed by atoms with Gasteiger partial charge in [0.05, 0.1) is 49.2 Å². The number of hydrogen-bond acceptors (Lipinski definition) is 15. The zero-order chi connectivity index (χ0) is 49.7. The number of alkyl carbamates (subject to hydrolysis) is 1. The molecule has 21 heteroatoms. The third kappa shape index (κ3) is 15.5. The minimum atomic E-state index is -3.80. The predicted molar refractivity (Wildman–Crippen MR) is 254 cm³/mol. The molecule has 0 radical (unpaired) electrons. The number of carbonyl (C=O) groups excluding carboxylic acids is 3. The summed E-state index contributed by atoms with van der Waals surface area (Å²) in [6.07, 6.45) is -10.7. The average Bonchev–Trinajstić information content (AvgIpc) is 3.35. The molecule has 3 aliphatic heterocycles. The molecule has 0 aromatic heterocycles. The number of hydrogen-bond donors (Lipinski definition) is 2. The maximum atomic E-state index is 13.8. The number of sulfone groups is 1. The molecule has 3 saturated heterocycles. The van der Waals surface area contributed by atoms with Gasteiger partial charge in [0.1, 0.15) is 43.7 Å². The van der Waals surface area contributed by atoms with E-state index in [2.05, 4.69) is 10.6 Å². The number of halogens is 3. The molecule has 0 saturated carbocycles. The van der Waals surface area contributed by atoms with Crippen molar-refractivity contribution >= 4 is 62.6 Å². The van der Waals surface area contributed by atoms with Crippen molar-refractivity contribution in [2.24, 2.45) is 0 Å². The van der Waals surface area contributed by atoms with Crippen LogP contribution in [-0.4, -0.2) is 124 Å². The van der Waals surface area contributed by atoms with Crippen LogP contribution in [0.3, 0.4) is 0 Å². The highest BCUT2D eigenvalue weighted by Gasteiger charge is 2.53. The van der Waals surface area contributed by atoms with Gasteiger partial charge in [-0.15, -0.1) is 0 Å². The molecule has 2 N–H and O–H groups in total. The molecular formula is C49H55Cl3N2O15S. The molecule has 0 aliphatic carbocycles. The zero-order valence-corrected chi connectivity index (χ0v) is 41.3. The van der Waals surface area contributed by atoms with Crippen LogP contribution in [0.15, 0.2) is 126 Å². The second-order valence-corrected chi connectivity index (χ2v) is 21.3. The van der Waals surface area contributed by atoms with Crippen LogP contribution in [0.5, 0.6) is 0 Å². The van der Waals surface area contributed by atoms with Gasteiger partial charge < -0.3 is 58.0 Å². The summed E-state index contributed by atoms with van der Waals surface area (Å²) in [7, 11) is -3.80. The zero-order valence-electron chi connectivity index (χ0n) is 38.2.